The van der Waals surface area contributed by atoms with Crippen LogP contribution in [0, 0.1) is 18.8 Å². The van der Waals surface area contributed by atoms with Gasteiger partial charge in [0.05, 0.1) is 32.3 Å². The Morgan fingerprint density at radius 2 is 1.50 bits per heavy atom. The summed E-state index contributed by atoms with van der Waals surface area (Å²) < 4.78 is 11.9. The van der Waals surface area contributed by atoms with Gasteiger partial charge in [0.25, 0.3) is 0 Å². The quantitative estimate of drug-likeness (QED) is 0.398. The van der Waals surface area contributed by atoms with Crippen LogP contribution in [0.3, 0.4) is 0 Å². The Kier molecular flexibility index (Phi) is 6.62. The topological polar surface area (TPSA) is 105 Å². The van der Waals surface area contributed by atoms with Gasteiger partial charge in [-0.3, -0.25) is 9.59 Å². The second kappa shape index (κ2) is 9.85. The van der Waals surface area contributed by atoms with E-state index in [1.54, 1.807) is 0 Å². The third kappa shape index (κ3) is 3.89. The van der Waals surface area contributed by atoms with Gasteiger partial charge in [-0.15, -0.1) is 0 Å². The number of ether oxygens (including phenoxy) is 2. The lowest BCUT2D eigenvalue weighted by molar-refractivity contribution is -0.170. The second-order valence-corrected chi connectivity index (χ2v) is 9.27. The molecule has 0 fully saturated rings. The lowest BCUT2D eigenvalue weighted by atomic mass is 9.51. The number of anilines is 1. The standard InChI is InChI=1S/C29H29NO6/c1-18-10-12-19(13-11-18)30-27(32)25-24-20-6-2-4-8-22(20)29(26(25)28(33)34,36-17-16-35-15-14-31)23-9-5-3-7-21(23)24/h2-13,24-26,31H,14-17H2,1H3,(H,30,32)(H,33,34). The van der Waals surface area contributed by atoms with Gasteiger partial charge in [0.1, 0.15) is 11.5 Å². The fourth-order valence-electron chi connectivity index (χ4n) is 5.86. The number of aliphatic hydroxyl groups excluding tert-OH is 1. The van der Waals surface area contributed by atoms with Crippen molar-refractivity contribution < 1.29 is 29.3 Å². The summed E-state index contributed by atoms with van der Waals surface area (Å²) in [6, 6.07) is 22.7. The number of aliphatic carboxylic acids is 1. The number of hydrogen-bond donors (Lipinski definition) is 3. The van der Waals surface area contributed by atoms with E-state index >= 15 is 0 Å². The molecule has 186 valence electrons. The minimum atomic E-state index is -1.37. The first-order valence-electron chi connectivity index (χ1n) is 12.1. The summed E-state index contributed by atoms with van der Waals surface area (Å²) in [6.07, 6.45) is 0. The average Bonchev–Trinajstić information content (AvgIpc) is 2.89. The lowest BCUT2D eigenvalue weighted by Gasteiger charge is -2.55. The van der Waals surface area contributed by atoms with Gasteiger partial charge in [0.15, 0.2) is 0 Å². The van der Waals surface area contributed by atoms with Gasteiger partial charge in [0.2, 0.25) is 5.91 Å². The number of aliphatic hydroxyl groups is 1. The van der Waals surface area contributed by atoms with E-state index in [0.29, 0.717) is 5.69 Å². The first-order valence-corrected chi connectivity index (χ1v) is 12.1. The fourth-order valence-corrected chi connectivity index (χ4v) is 5.86. The van der Waals surface area contributed by atoms with Gasteiger partial charge in [-0.25, -0.2) is 0 Å². The van der Waals surface area contributed by atoms with E-state index in [1.807, 2.05) is 79.7 Å². The molecule has 2 atom stereocenters. The third-order valence-electron chi connectivity index (χ3n) is 7.23. The van der Waals surface area contributed by atoms with Crippen molar-refractivity contribution in [3.05, 3.63) is 101 Å². The zero-order valence-electron chi connectivity index (χ0n) is 20.0. The van der Waals surface area contributed by atoms with Gasteiger partial charge >= 0.3 is 5.97 Å². The number of fused-ring (bicyclic) bond motifs is 1. The highest BCUT2D eigenvalue weighted by molar-refractivity contribution is 5.98. The predicted octanol–water partition coefficient (Wildman–Crippen LogP) is 3.68. The van der Waals surface area contributed by atoms with E-state index in [1.165, 1.54) is 0 Å². The minimum absolute atomic E-state index is 0.101. The van der Waals surface area contributed by atoms with Crippen molar-refractivity contribution in [3.8, 4) is 0 Å². The van der Waals surface area contributed by atoms with Crippen molar-refractivity contribution in [1.82, 2.24) is 0 Å². The number of nitrogens with one attached hydrogen (secondary N) is 1. The van der Waals surface area contributed by atoms with Crippen molar-refractivity contribution >= 4 is 17.6 Å². The molecule has 0 aromatic heterocycles. The smallest absolute Gasteiger partial charge is 0.311 e. The molecule has 3 aromatic carbocycles. The van der Waals surface area contributed by atoms with Crippen molar-refractivity contribution in [3.63, 3.8) is 0 Å². The summed E-state index contributed by atoms with van der Waals surface area (Å²) in [7, 11) is 0. The third-order valence-corrected chi connectivity index (χ3v) is 7.23. The summed E-state index contributed by atoms with van der Waals surface area (Å²) in [5.41, 5.74) is 3.64. The Balaban J connectivity index is 1.64. The summed E-state index contributed by atoms with van der Waals surface area (Å²) in [5.74, 6) is -3.93. The van der Waals surface area contributed by atoms with Crippen LogP contribution in [0.25, 0.3) is 0 Å². The molecule has 3 N–H and O–H groups in total. The van der Waals surface area contributed by atoms with Gasteiger partial charge in [-0.05, 0) is 41.3 Å². The van der Waals surface area contributed by atoms with E-state index in [-0.39, 0.29) is 32.3 Å². The number of carbonyl (C=O) groups is 2. The molecule has 36 heavy (non-hydrogen) atoms. The second-order valence-electron chi connectivity index (χ2n) is 9.27. The number of rotatable bonds is 9. The summed E-state index contributed by atoms with van der Waals surface area (Å²) >= 11 is 0. The van der Waals surface area contributed by atoms with E-state index in [9.17, 15) is 14.7 Å². The first kappa shape index (κ1) is 24.2. The molecule has 7 heteroatoms. The average molecular weight is 488 g/mol. The van der Waals surface area contributed by atoms with Crippen LogP contribution in [0.1, 0.15) is 33.7 Å². The molecule has 3 aromatic rings. The molecule has 6 rings (SSSR count). The largest absolute Gasteiger partial charge is 0.481 e. The van der Waals surface area contributed by atoms with Crippen molar-refractivity contribution in [2.75, 3.05) is 31.7 Å². The van der Waals surface area contributed by atoms with Gasteiger partial charge in [0, 0.05) is 11.6 Å². The molecule has 2 bridgehead atoms. The van der Waals surface area contributed by atoms with Crippen LogP contribution < -0.4 is 5.32 Å². The van der Waals surface area contributed by atoms with Crippen LogP contribution in [0.15, 0.2) is 72.8 Å². The van der Waals surface area contributed by atoms with Crippen molar-refractivity contribution in [2.24, 2.45) is 11.8 Å². The lowest BCUT2D eigenvalue weighted by Crippen LogP contribution is -2.59. The maximum absolute atomic E-state index is 13.9. The molecular weight excluding hydrogens is 458 g/mol. The summed E-state index contributed by atoms with van der Waals surface area (Å²) in [6.45, 7) is 2.30. The molecule has 0 heterocycles. The van der Waals surface area contributed by atoms with E-state index < -0.39 is 29.3 Å². The van der Waals surface area contributed by atoms with E-state index in [2.05, 4.69) is 5.32 Å². The molecule has 0 spiro atoms. The number of carboxylic acids is 1. The Morgan fingerprint density at radius 3 is 2.08 bits per heavy atom. The number of benzene rings is 3. The Bertz CT molecular complexity index is 1220. The highest BCUT2D eigenvalue weighted by Gasteiger charge is 2.64. The van der Waals surface area contributed by atoms with Crippen molar-refractivity contribution in [1.29, 1.82) is 0 Å². The van der Waals surface area contributed by atoms with Gasteiger partial charge in [-0.2, -0.15) is 0 Å². The van der Waals surface area contributed by atoms with E-state index in [0.717, 1.165) is 27.8 Å². The maximum atomic E-state index is 13.9. The van der Waals surface area contributed by atoms with Crippen LogP contribution in [0.2, 0.25) is 0 Å². The maximum Gasteiger partial charge on any atom is 0.311 e. The molecule has 3 aliphatic rings. The number of amides is 1. The highest BCUT2D eigenvalue weighted by Crippen LogP contribution is 2.62. The number of hydrogen-bond acceptors (Lipinski definition) is 5. The SMILES string of the molecule is Cc1ccc(NC(=O)C2C3c4ccccc4C(OCCOCCO)(c4ccccc43)C2C(=O)O)cc1. The molecule has 3 aliphatic carbocycles. The molecule has 2 unspecified atom stereocenters. The molecule has 0 radical (unpaired) electrons. The summed E-state index contributed by atoms with van der Waals surface area (Å²) in [5, 5.41) is 22.6. The number of carbonyl (C=O) groups excluding carboxylic acids is 1. The zero-order chi connectivity index (χ0) is 25.3. The Morgan fingerprint density at radius 1 is 0.889 bits per heavy atom. The van der Waals surface area contributed by atoms with Crippen molar-refractivity contribution in [2.45, 2.75) is 18.4 Å². The highest BCUT2D eigenvalue weighted by atomic mass is 16.5. The van der Waals surface area contributed by atoms with Gasteiger partial charge in [-0.1, -0.05) is 66.2 Å². The molecule has 0 aliphatic heterocycles. The monoisotopic (exact) mass is 487 g/mol. The molecule has 7 nitrogen and oxygen atoms in total. The predicted molar refractivity (Wildman–Crippen MR) is 134 cm³/mol. The number of carboxylic acid groups (broad SMARTS) is 1. The molecule has 0 saturated carbocycles. The molecule has 0 saturated heterocycles. The first-order chi connectivity index (χ1) is 17.5. The van der Waals surface area contributed by atoms with Crippen LogP contribution in [0.4, 0.5) is 5.69 Å². The van der Waals surface area contributed by atoms with Crippen LogP contribution in [0.5, 0.6) is 0 Å². The fraction of sp³-hybridized carbons (Fsp3) is 0.310. The van der Waals surface area contributed by atoms with Crippen LogP contribution >= 0.6 is 0 Å². The van der Waals surface area contributed by atoms with Crippen LogP contribution in [-0.4, -0.2) is 48.5 Å². The Hall–Kier alpha value is -3.52. The summed E-state index contributed by atoms with van der Waals surface area (Å²) in [4.78, 5) is 26.8. The van der Waals surface area contributed by atoms with Crippen LogP contribution in [-0.2, 0) is 24.7 Å². The Labute approximate surface area is 209 Å². The zero-order valence-corrected chi connectivity index (χ0v) is 20.0. The van der Waals surface area contributed by atoms with E-state index in [4.69, 9.17) is 14.6 Å². The van der Waals surface area contributed by atoms with Gasteiger partial charge < -0.3 is 25.0 Å². The normalized spacial score (nSPS) is 23.6. The number of aryl methyl sites for hydroxylation is 1. The molecular formula is C29H29NO6. The molecule has 1 amide bonds. The minimum Gasteiger partial charge on any atom is -0.481 e.